The van der Waals surface area contributed by atoms with Crippen LogP contribution >= 0.6 is 11.5 Å². The topological polar surface area (TPSA) is 81.9 Å². The van der Waals surface area contributed by atoms with E-state index in [-0.39, 0.29) is 5.91 Å². The minimum atomic E-state index is -0.204. The number of nitriles is 1. The van der Waals surface area contributed by atoms with Crippen LogP contribution in [-0.2, 0) is 0 Å². The number of nitrogens with zero attached hydrogens (tertiary/aromatic N) is 4. The van der Waals surface area contributed by atoms with Gasteiger partial charge in [-0.05, 0) is 36.4 Å². The molecule has 0 spiro atoms. The second-order valence-corrected chi connectivity index (χ2v) is 7.74. The number of carbonyl (C=O) groups is 1. The highest BCUT2D eigenvalue weighted by molar-refractivity contribution is 7.08. The van der Waals surface area contributed by atoms with E-state index in [1.54, 1.807) is 17.2 Å². The van der Waals surface area contributed by atoms with Crippen molar-refractivity contribution in [2.24, 2.45) is 0 Å². The highest BCUT2D eigenvalue weighted by Gasteiger charge is 2.33. The van der Waals surface area contributed by atoms with Crippen molar-refractivity contribution >= 4 is 28.9 Å². The molecule has 1 saturated carbocycles. The van der Waals surface area contributed by atoms with Crippen molar-refractivity contribution < 1.29 is 4.79 Å². The number of hydrogen-bond acceptors (Lipinski definition) is 6. The molecular weight excluding hydrogens is 370 g/mol. The lowest BCUT2D eigenvalue weighted by molar-refractivity contribution is 0.102. The third-order valence-corrected chi connectivity index (χ3v) is 5.50. The molecule has 0 saturated heterocycles. The van der Waals surface area contributed by atoms with Gasteiger partial charge >= 0.3 is 0 Å². The number of benzene rings is 1. The molecular formula is C21H19N5OS. The summed E-state index contributed by atoms with van der Waals surface area (Å²) in [5.74, 6) is 0.756. The predicted molar refractivity (Wildman–Crippen MR) is 111 cm³/mol. The molecule has 1 aliphatic rings. The molecule has 3 aromatic rings. The molecule has 0 bridgehead atoms. The number of anilines is 2. The van der Waals surface area contributed by atoms with Crippen molar-refractivity contribution in [2.75, 3.05) is 24.3 Å². The molecule has 2 aromatic heterocycles. The second-order valence-electron chi connectivity index (χ2n) is 6.97. The van der Waals surface area contributed by atoms with Crippen molar-refractivity contribution in [3.05, 3.63) is 58.6 Å². The van der Waals surface area contributed by atoms with Crippen LogP contribution in [0.15, 0.2) is 42.6 Å². The number of aromatic nitrogens is 2. The van der Waals surface area contributed by atoms with Gasteiger partial charge in [-0.3, -0.25) is 4.79 Å². The summed E-state index contributed by atoms with van der Waals surface area (Å²) in [7, 11) is 3.65. The molecule has 140 valence electrons. The van der Waals surface area contributed by atoms with Gasteiger partial charge in [-0.25, -0.2) is 4.98 Å². The van der Waals surface area contributed by atoms with Crippen LogP contribution in [0.25, 0.3) is 11.3 Å². The Labute approximate surface area is 167 Å². The Hall–Kier alpha value is -3.24. The fourth-order valence-corrected chi connectivity index (χ4v) is 4.05. The van der Waals surface area contributed by atoms with Gasteiger partial charge in [0, 0.05) is 25.2 Å². The van der Waals surface area contributed by atoms with Gasteiger partial charge in [-0.15, -0.1) is 0 Å². The molecule has 1 aromatic carbocycles. The SMILES string of the molecule is CN(C)c1ncc(NC(=O)c2snc(-c3ccccc3)c2C2CC2)cc1C#N. The average molecular weight is 389 g/mol. The largest absolute Gasteiger partial charge is 0.362 e. The Kier molecular flexibility index (Phi) is 4.80. The number of rotatable bonds is 5. The van der Waals surface area contributed by atoms with Crippen LogP contribution in [0.1, 0.15) is 39.6 Å². The van der Waals surface area contributed by atoms with E-state index in [9.17, 15) is 10.1 Å². The maximum Gasteiger partial charge on any atom is 0.267 e. The first-order valence-electron chi connectivity index (χ1n) is 9.02. The smallest absolute Gasteiger partial charge is 0.267 e. The summed E-state index contributed by atoms with van der Waals surface area (Å²) in [5, 5.41) is 12.2. The molecule has 1 aliphatic carbocycles. The molecule has 0 atom stereocenters. The third kappa shape index (κ3) is 3.47. The first-order valence-corrected chi connectivity index (χ1v) is 9.79. The van der Waals surface area contributed by atoms with E-state index in [4.69, 9.17) is 0 Å². The summed E-state index contributed by atoms with van der Waals surface area (Å²) in [4.78, 5) is 19.7. The maximum atomic E-state index is 13.0. The minimum Gasteiger partial charge on any atom is -0.362 e. The highest BCUT2D eigenvalue weighted by Crippen LogP contribution is 2.47. The van der Waals surface area contributed by atoms with Crippen molar-refractivity contribution in [3.8, 4) is 17.3 Å². The van der Waals surface area contributed by atoms with Crippen molar-refractivity contribution in [1.82, 2.24) is 9.36 Å². The predicted octanol–water partition coefficient (Wildman–Crippen LogP) is 4.27. The monoisotopic (exact) mass is 389 g/mol. The van der Waals surface area contributed by atoms with Crippen molar-refractivity contribution in [1.29, 1.82) is 5.26 Å². The van der Waals surface area contributed by atoms with E-state index >= 15 is 0 Å². The van der Waals surface area contributed by atoms with Crippen LogP contribution in [-0.4, -0.2) is 29.4 Å². The van der Waals surface area contributed by atoms with Crippen LogP contribution in [0.4, 0.5) is 11.5 Å². The Balaban J connectivity index is 1.65. The summed E-state index contributed by atoms with van der Waals surface area (Å²) in [6.45, 7) is 0. The number of amides is 1. The first kappa shape index (κ1) is 18.1. The number of hydrogen-bond donors (Lipinski definition) is 1. The van der Waals surface area contributed by atoms with Crippen molar-refractivity contribution in [3.63, 3.8) is 0 Å². The number of carbonyl (C=O) groups excluding carboxylic acids is 1. The van der Waals surface area contributed by atoms with Gasteiger partial charge in [-0.1, -0.05) is 30.3 Å². The number of nitrogens with one attached hydrogen (secondary N) is 1. The molecule has 28 heavy (non-hydrogen) atoms. The van der Waals surface area contributed by atoms with Crippen LogP contribution < -0.4 is 10.2 Å². The van der Waals surface area contributed by atoms with Gasteiger partial charge < -0.3 is 10.2 Å². The van der Waals surface area contributed by atoms with E-state index in [1.807, 2.05) is 44.4 Å². The first-order chi connectivity index (χ1) is 13.6. The van der Waals surface area contributed by atoms with Crippen LogP contribution in [0.2, 0.25) is 0 Å². The standard InChI is InChI=1S/C21H19N5OS/c1-26(2)20-15(11-22)10-16(12-23-20)24-21(27)19-17(13-8-9-13)18(25-28-19)14-6-4-3-5-7-14/h3-7,10,12-13H,8-9H2,1-2H3,(H,24,27). The van der Waals surface area contributed by atoms with Crippen molar-refractivity contribution in [2.45, 2.75) is 18.8 Å². The Morgan fingerprint density at radius 1 is 1.29 bits per heavy atom. The molecule has 0 unspecified atom stereocenters. The zero-order valence-electron chi connectivity index (χ0n) is 15.6. The summed E-state index contributed by atoms with van der Waals surface area (Å²) in [6, 6.07) is 13.7. The molecule has 6 nitrogen and oxygen atoms in total. The minimum absolute atomic E-state index is 0.204. The fraction of sp³-hybridized carbons (Fsp3) is 0.238. The van der Waals surface area contributed by atoms with E-state index in [0.29, 0.717) is 27.9 Å². The van der Waals surface area contributed by atoms with Crippen LogP contribution in [0.3, 0.4) is 0 Å². The Bertz CT molecular complexity index is 1060. The fourth-order valence-electron chi connectivity index (χ4n) is 3.17. The summed E-state index contributed by atoms with van der Waals surface area (Å²) >= 11 is 1.23. The van der Waals surface area contributed by atoms with Gasteiger partial charge in [0.2, 0.25) is 0 Å². The molecule has 1 N–H and O–H groups in total. The molecule has 1 fully saturated rings. The molecule has 4 rings (SSSR count). The van der Waals surface area contributed by atoms with Gasteiger partial charge in [0.05, 0.1) is 23.1 Å². The molecule has 0 aliphatic heterocycles. The normalized spacial score (nSPS) is 13.0. The molecule has 7 heteroatoms. The third-order valence-electron chi connectivity index (χ3n) is 4.64. The zero-order valence-corrected chi connectivity index (χ0v) is 16.5. The van der Waals surface area contributed by atoms with Gasteiger partial charge in [-0.2, -0.15) is 9.64 Å². The average Bonchev–Trinajstić information content (AvgIpc) is 3.45. The molecule has 0 radical (unpaired) electrons. The van der Waals surface area contributed by atoms with Crippen LogP contribution in [0, 0.1) is 11.3 Å². The van der Waals surface area contributed by atoms with E-state index in [2.05, 4.69) is 20.7 Å². The Morgan fingerprint density at radius 2 is 2.04 bits per heavy atom. The maximum absolute atomic E-state index is 13.0. The number of pyridine rings is 1. The van der Waals surface area contributed by atoms with Gasteiger partial charge in [0.25, 0.3) is 5.91 Å². The molecule has 1 amide bonds. The lowest BCUT2D eigenvalue weighted by Crippen LogP contribution is -2.15. The molecule has 2 heterocycles. The Morgan fingerprint density at radius 3 is 2.68 bits per heavy atom. The van der Waals surface area contributed by atoms with Crippen LogP contribution in [0.5, 0.6) is 0 Å². The lowest BCUT2D eigenvalue weighted by atomic mass is 10.0. The highest BCUT2D eigenvalue weighted by atomic mass is 32.1. The van der Waals surface area contributed by atoms with E-state index < -0.39 is 0 Å². The summed E-state index contributed by atoms with van der Waals surface area (Å²) < 4.78 is 4.59. The quantitative estimate of drug-likeness (QED) is 0.705. The van der Waals surface area contributed by atoms with Gasteiger partial charge in [0.1, 0.15) is 16.8 Å². The van der Waals surface area contributed by atoms with Gasteiger partial charge in [0.15, 0.2) is 0 Å². The van der Waals surface area contributed by atoms with E-state index in [0.717, 1.165) is 29.7 Å². The summed E-state index contributed by atoms with van der Waals surface area (Å²) in [6.07, 6.45) is 3.73. The van der Waals surface area contributed by atoms with E-state index in [1.165, 1.54) is 11.5 Å². The lowest BCUT2D eigenvalue weighted by Gasteiger charge is -2.14. The summed E-state index contributed by atoms with van der Waals surface area (Å²) in [5.41, 5.74) is 3.88. The zero-order chi connectivity index (χ0) is 19.7. The second kappa shape index (κ2) is 7.41.